The molecule has 0 fully saturated rings. The van der Waals surface area contributed by atoms with Gasteiger partial charge in [0.05, 0.1) is 0 Å². The lowest BCUT2D eigenvalue weighted by atomic mass is 9.75. The van der Waals surface area contributed by atoms with Crippen LogP contribution in [-0.2, 0) is 6.42 Å². The fourth-order valence-electron chi connectivity index (χ4n) is 9.31. The van der Waals surface area contributed by atoms with Crippen LogP contribution < -0.4 is 4.90 Å². The number of hydrogen-bond acceptors (Lipinski definition) is 1. The molecule has 0 saturated heterocycles. The summed E-state index contributed by atoms with van der Waals surface area (Å²) >= 11 is 0. The Labute approximate surface area is 324 Å². The largest absolute Gasteiger partial charge is 0.310 e. The Morgan fingerprint density at radius 1 is 0.545 bits per heavy atom. The van der Waals surface area contributed by atoms with Crippen molar-refractivity contribution in [3.63, 3.8) is 0 Å². The maximum absolute atomic E-state index is 2.44. The number of benzene rings is 8. The van der Waals surface area contributed by atoms with Crippen LogP contribution >= 0.6 is 0 Å². The van der Waals surface area contributed by atoms with Gasteiger partial charge in [-0.05, 0) is 145 Å². The zero-order valence-electron chi connectivity index (χ0n) is 31.6. The maximum Gasteiger partial charge on any atom is 0.0468 e. The van der Waals surface area contributed by atoms with E-state index in [-0.39, 0.29) is 0 Å². The molecule has 2 aliphatic carbocycles. The first-order valence-electron chi connectivity index (χ1n) is 19.6. The zero-order valence-corrected chi connectivity index (χ0v) is 31.6. The van der Waals surface area contributed by atoms with Crippen LogP contribution in [0.5, 0.6) is 0 Å². The Bertz CT molecular complexity index is 2820. The molecular formula is C54H43N. The Kier molecular flexibility index (Phi) is 8.11. The summed E-state index contributed by atoms with van der Waals surface area (Å²) < 4.78 is 0. The van der Waals surface area contributed by atoms with Gasteiger partial charge >= 0.3 is 0 Å². The lowest BCUT2D eigenvalue weighted by Crippen LogP contribution is -2.12. The molecule has 0 bridgehead atoms. The minimum atomic E-state index is 0.346. The first-order valence-corrected chi connectivity index (χ1v) is 19.6. The molecule has 0 saturated carbocycles. The van der Waals surface area contributed by atoms with E-state index in [0.29, 0.717) is 11.8 Å². The fourth-order valence-corrected chi connectivity index (χ4v) is 9.31. The van der Waals surface area contributed by atoms with E-state index in [4.69, 9.17) is 0 Å². The van der Waals surface area contributed by atoms with Crippen molar-refractivity contribution >= 4 is 44.2 Å². The average Bonchev–Trinajstić information content (AvgIpc) is 3.55. The second-order valence-corrected chi connectivity index (χ2v) is 15.3. The van der Waals surface area contributed by atoms with E-state index in [1.165, 1.54) is 88.4 Å². The van der Waals surface area contributed by atoms with Crippen molar-refractivity contribution < 1.29 is 0 Å². The van der Waals surface area contributed by atoms with Gasteiger partial charge in [-0.2, -0.15) is 0 Å². The van der Waals surface area contributed by atoms with E-state index < -0.39 is 0 Å². The van der Waals surface area contributed by atoms with Gasteiger partial charge in [-0.15, -0.1) is 0 Å². The van der Waals surface area contributed by atoms with E-state index in [9.17, 15) is 0 Å². The molecular weight excluding hydrogens is 663 g/mol. The van der Waals surface area contributed by atoms with E-state index >= 15 is 0 Å². The molecule has 8 aromatic carbocycles. The Balaban J connectivity index is 1.08. The van der Waals surface area contributed by atoms with Gasteiger partial charge in [0.1, 0.15) is 0 Å². The number of hydrogen-bond donors (Lipinski definition) is 0. The van der Waals surface area contributed by atoms with Crippen molar-refractivity contribution in [3.8, 4) is 22.3 Å². The lowest BCUT2D eigenvalue weighted by molar-refractivity contribution is 0.794. The highest BCUT2D eigenvalue weighted by Crippen LogP contribution is 2.46. The molecule has 0 radical (unpaired) electrons. The zero-order chi connectivity index (χ0) is 37.0. The summed E-state index contributed by atoms with van der Waals surface area (Å²) in [7, 11) is 0. The molecule has 10 rings (SSSR count). The molecule has 2 atom stereocenters. The van der Waals surface area contributed by atoms with E-state index in [0.717, 1.165) is 17.8 Å². The number of fused-ring (bicyclic) bond motifs is 7. The lowest BCUT2D eigenvalue weighted by Gasteiger charge is -2.29. The summed E-state index contributed by atoms with van der Waals surface area (Å²) in [6, 6.07) is 61.3. The minimum Gasteiger partial charge on any atom is -0.310 e. The third-order valence-corrected chi connectivity index (χ3v) is 12.0. The summed E-state index contributed by atoms with van der Waals surface area (Å²) in [5.41, 5.74) is 18.1. The van der Waals surface area contributed by atoms with Crippen LogP contribution in [0.25, 0.3) is 49.4 Å². The van der Waals surface area contributed by atoms with E-state index in [1.54, 1.807) is 0 Å². The van der Waals surface area contributed by atoms with E-state index in [2.05, 4.69) is 208 Å². The summed E-state index contributed by atoms with van der Waals surface area (Å²) in [6.07, 6.45) is 7.78. The Morgan fingerprint density at radius 3 is 2.13 bits per heavy atom. The van der Waals surface area contributed by atoms with Crippen molar-refractivity contribution in [1.29, 1.82) is 0 Å². The van der Waals surface area contributed by atoms with Gasteiger partial charge in [-0.3, -0.25) is 0 Å². The normalized spacial score (nSPS) is 15.9. The number of allylic oxidation sites excluding steroid dienone is 4. The topological polar surface area (TPSA) is 3.24 Å². The molecule has 264 valence electrons. The summed E-state index contributed by atoms with van der Waals surface area (Å²) in [6.45, 7) is 6.64. The van der Waals surface area contributed by atoms with Crippen LogP contribution in [-0.4, -0.2) is 0 Å². The van der Waals surface area contributed by atoms with Crippen molar-refractivity contribution in [2.24, 2.45) is 0 Å². The average molecular weight is 706 g/mol. The highest BCUT2D eigenvalue weighted by atomic mass is 15.1. The Hall–Kier alpha value is -6.44. The van der Waals surface area contributed by atoms with Gasteiger partial charge in [0.15, 0.2) is 0 Å². The Morgan fingerprint density at radius 2 is 1.27 bits per heavy atom. The minimum absolute atomic E-state index is 0.346. The number of anilines is 3. The van der Waals surface area contributed by atoms with Crippen LogP contribution in [0.4, 0.5) is 17.1 Å². The first-order chi connectivity index (χ1) is 27.0. The molecule has 0 amide bonds. The molecule has 0 aliphatic heterocycles. The second kappa shape index (κ2) is 13.4. The molecule has 2 aliphatic rings. The summed E-state index contributed by atoms with van der Waals surface area (Å²) in [4.78, 5) is 2.44. The first kappa shape index (κ1) is 33.2. The number of rotatable bonds is 6. The predicted molar refractivity (Wildman–Crippen MR) is 235 cm³/mol. The molecule has 0 spiro atoms. The van der Waals surface area contributed by atoms with Crippen LogP contribution in [0.2, 0.25) is 0 Å². The van der Waals surface area contributed by atoms with Gasteiger partial charge in [-0.25, -0.2) is 0 Å². The summed E-state index contributed by atoms with van der Waals surface area (Å²) in [5, 5.41) is 5.15. The van der Waals surface area contributed by atoms with Crippen molar-refractivity contribution in [2.75, 3.05) is 4.90 Å². The monoisotopic (exact) mass is 705 g/mol. The standard InChI is InChI=1S/C54H43N/c1-4-12-40-29-35(2)51-33-44(24-27-48(40)51)55(45-25-28-49-46-17-10-8-15-41(46)30-36(3)52(49)34-45)43-22-19-37(20-23-43)39-21-26-50-53(38-13-6-5-7-14-38)32-42-16-9-11-18-47(42)54(50)31-39/h4-31,33-35,53H,32H2,1-3H3/b12-4-. The molecule has 1 nitrogen and oxygen atoms in total. The highest BCUT2D eigenvalue weighted by Gasteiger charge is 2.27. The molecule has 0 N–H and O–H groups in total. The van der Waals surface area contributed by atoms with Crippen LogP contribution in [0.1, 0.15) is 59.1 Å². The molecule has 55 heavy (non-hydrogen) atoms. The van der Waals surface area contributed by atoms with Gasteiger partial charge in [-0.1, -0.05) is 146 Å². The van der Waals surface area contributed by atoms with Crippen molar-refractivity contribution in [3.05, 3.63) is 215 Å². The smallest absolute Gasteiger partial charge is 0.0468 e. The third kappa shape index (κ3) is 5.70. The van der Waals surface area contributed by atoms with Crippen molar-refractivity contribution in [1.82, 2.24) is 0 Å². The third-order valence-electron chi connectivity index (χ3n) is 12.0. The predicted octanol–water partition coefficient (Wildman–Crippen LogP) is 14.9. The van der Waals surface area contributed by atoms with Gasteiger partial charge in [0, 0.05) is 28.9 Å². The van der Waals surface area contributed by atoms with Crippen LogP contribution in [0, 0.1) is 6.92 Å². The maximum atomic E-state index is 2.44. The number of aryl methyl sites for hydroxylation is 1. The fraction of sp³-hybridized carbons (Fsp3) is 0.111. The molecule has 0 heterocycles. The van der Waals surface area contributed by atoms with Crippen molar-refractivity contribution in [2.45, 2.75) is 39.0 Å². The van der Waals surface area contributed by atoms with Gasteiger partial charge < -0.3 is 4.90 Å². The molecule has 1 heteroatoms. The van der Waals surface area contributed by atoms with Crippen LogP contribution in [0.3, 0.4) is 0 Å². The quantitative estimate of drug-likeness (QED) is 0.156. The summed E-state index contributed by atoms with van der Waals surface area (Å²) in [5.74, 6) is 0.699. The molecule has 0 aromatic heterocycles. The molecule has 2 unspecified atom stereocenters. The molecule has 8 aromatic rings. The van der Waals surface area contributed by atoms with Gasteiger partial charge in [0.2, 0.25) is 0 Å². The highest BCUT2D eigenvalue weighted by molar-refractivity contribution is 6.10. The number of nitrogens with zero attached hydrogens (tertiary/aromatic N) is 1. The second-order valence-electron chi connectivity index (χ2n) is 15.3. The van der Waals surface area contributed by atoms with Gasteiger partial charge in [0.25, 0.3) is 0 Å². The SMILES string of the molecule is C/C=C\C1=CC(C)c2cc(N(c3ccc(-c4ccc5c(c4)-c4ccccc4CC5c4ccccc4)cc3)c3ccc4c(c3)c(C)cc3ccccc34)ccc21. The van der Waals surface area contributed by atoms with Crippen LogP contribution in [0.15, 0.2) is 182 Å². The van der Waals surface area contributed by atoms with E-state index in [1.807, 2.05) is 0 Å².